The van der Waals surface area contributed by atoms with Crippen LogP contribution in [0.15, 0.2) is 24.3 Å². The third-order valence-electron chi connectivity index (χ3n) is 5.25. The maximum atomic E-state index is 12.9. The first-order chi connectivity index (χ1) is 13.4. The quantitative estimate of drug-likeness (QED) is 0.706. The number of likely N-dealkylation sites (tertiary alicyclic amines) is 1. The lowest BCUT2D eigenvalue weighted by Gasteiger charge is -2.42. The van der Waals surface area contributed by atoms with Gasteiger partial charge in [0, 0.05) is 13.1 Å². The van der Waals surface area contributed by atoms with Crippen LogP contribution in [-0.2, 0) is 14.4 Å². The van der Waals surface area contributed by atoms with Gasteiger partial charge in [-0.05, 0) is 44.7 Å². The molecule has 0 aliphatic carbocycles. The molecule has 1 saturated heterocycles. The van der Waals surface area contributed by atoms with Crippen molar-refractivity contribution in [3.05, 3.63) is 35.4 Å². The lowest BCUT2D eigenvalue weighted by Crippen LogP contribution is -2.52. The molecule has 2 aliphatic rings. The molecule has 8 nitrogen and oxygen atoms in total. The number of ether oxygens (including phenoxy) is 1. The summed E-state index contributed by atoms with van der Waals surface area (Å²) < 4.78 is 5.40. The predicted octanol–water partition coefficient (Wildman–Crippen LogP) is 3.02. The van der Waals surface area contributed by atoms with Gasteiger partial charge in [0.05, 0.1) is 17.0 Å². The Hall–Kier alpha value is -2.90. The molecule has 8 heteroatoms. The minimum atomic E-state index is -0.724. The minimum Gasteiger partial charge on any atom is -0.444 e. The maximum Gasteiger partial charge on any atom is 0.410 e. The lowest BCUT2D eigenvalue weighted by molar-refractivity contribution is -0.180. The third-order valence-corrected chi connectivity index (χ3v) is 5.25. The molecule has 1 aromatic carbocycles. The Labute approximate surface area is 169 Å². The van der Waals surface area contributed by atoms with Crippen molar-refractivity contribution in [3.8, 4) is 0 Å². The first-order valence-corrected chi connectivity index (χ1v) is 9.58. The number of imide groups is 1. The van der Waals surface area contributed by atoms with Gasteiger partial charge in [0.2, 0.25) is 0 Å². The van der Waals surface area contributed by atoms with Crippen molar-refractivity contribution in [3.63, 3.8) is 0 Å². The molecule has 0 saturated carbocycles. The molecule has 1 aromatic rings. The highest BCUT2D eigenvalue weighted by Gasteiger charge is 2.46. The summed E-state index contributed by atoms with van der Waals surface area (Å²) in [4.78, 5) is 57.0. The van der Waals surface area contributed by atoms with Crippen LogP contribution < -0.4 is 0 Å². The summed E-state index contributed by atoms with van der Waals surface area (Å²) in [6.45, 7) is 9.64. The smallest absolute Gasteiger partial charge is 0.410 e. The standard InChI is InChI=1S/C21H26N2O6/c1-20(2,3)28-19(27)22-11-10-21(4,5)15(12-22)18(26)29-23-16(24)13-8-6-7-9-14(13)17(23)25/h6-9,15H,10-12H2,1-5H3. The van der Waals surface area contributed by atoms with Crippen molar-refractivity contribution in [1.82, 2.24) is 9.96 Å². The highest BCUT2D eigenvalue weighted by atomic mass is 16.7. The number of piperidine rings is 1. The topological polar surface area (TPSA) is 93.2 Å². The van der Waals surface area contributed by atoms with E-state index in [9.17, 15) is 19.2 Å². The second-order valence-electron chi connectivity index (χ2n) is 9.08. The first-order valence-electron chi connectivity index (χ1n) is 9.58. The first kappa shape index (κ1) is 20.8. The Morgan fingerprint density at radius 3 is 2.14 bits per heavy atom. The zero-order valence-corrected chi connectivity index (χ0v) is 17.4. The van der Waals surface area contributed by atoms with Crippen molar-refractivity contribution in [2.45, 2.75) is 46.6 Å². The molecule has 0 radical (unpaired) electrons. The number of nitrogens with zero attached hydrogens (tertiary/aromatic N) is 2. The number of hydrogen-bond acceptors (Lipinski definition) is 6. The Morgan fingerprint density at radius 2 is 1.62 bits per heavy atom. The molecule has 1 atom stereocenters. The van der Waals surface area contributed by atoms with Crippen molar-refractivity contribution < 1.29 is 28.8 Å². The van der Waals surface area contributed by atoms with Crippen LogP contribution in [0.3, 0.4) is 0 Å². The van der Waals surface area contributed by atoms with E-state index in [1.807, 2.05) is 13.8 Å². The Kier molecular flexibility index (Phi) is 5.15. The molecular formula is C21H26N2O6. The fourth-order valence-electron chi connectivity index (χ4n) is 3.45. The van der Waals surface area contributed by atoms with E-state index < -0.39 is 40.8 Å². The molecule has 2 heterocycles. The van der Waals surface area contributed by atoms with Gasteiger partial charge < -0.3 is 14.5 Å². The van der Waals surface area contributed by atoms with E-state index in [1.54, 1.807) is 32.9 Å². The van der Waals surface area contributed by atoms with Gasteiger partial charge in [-0.15, -0.1) is 0 Å². The van der Waals surface area contributed by atoms with Crippen molar-refractivity contribution in [1.29, 1.82) is 0 Å². The van der Waals surface area contributed by atoms with Crippen molar-refractivity contribution in [2.75, 3.05) is 13.1 Å². The molecular weight excluding hydrogens is 376 g/mol. The Bertz CT molecular complexity index is 835. The highest BCUT2D eigenvalue weighted by Crippen LogP contribution is 2.37. The van der Waals surface area contributed by atoms with E-state index in [1.165, 1.54) is 17.0 Å². The van der Waals surface area contributed by atoms with Gasteiger partial charge in [-0.1, -0.05) is 31.0 Å². The van der Waals surface area contributed by atoms with Crippen LogP contribution in [-0.4, -0.2) is 52.5 Å². The third kappa shape index (κ3) is 4.11. The Balaban J connectivity index is 1.74. The Morgan fingerprint density at radius 1 is 1.07 bits per heavy atom. The summed E-state index contributed by atoms with van der Waals surface area (Å²) in [6, 6.07) is 6.30. The summed E-state index contributed by atoms with van der Waals surface area (Å²) in [5, 5.41) is 0.509. The van der Waals surface area contributed by atoms with Gasteiger partial charge in [0.1, 0.15) is 5.60 Å². The molecule has 2 aliphatic heterocycles. The van der Waals surface area contributed by atoms with Crippen LogP contribution in [0.5, 0.6) is 0 Å². The normalized spacial score (nSPS) is 21.1. The van der Waals surface area contributed by atoms with E-state index in [2.05, 4.69) is 0 Å². The number of carbonyl (C=O) groups excluding carboxylic acids is 4. The van der Waals surface area contributed by atoms with Crippen LogP contribution >= 0.6 is 0 Å². The number of hydroxylamine groups is 2. The highest BCUT2D eigenvalue weighted by molar-refractivity contribution is 6.20. The van der Waals surface area contributed by atoms with Crippen LogP contribution in [0, 0.1) is 11.3 Å². The zero-order valence-electron chi connectivity index (χ0n) is 17.4. The number of benzene rings is 1. The van der Waals surface area contributed by atoms with Gasteiger partial charge in [0.25, 0.3) is 11.8 Å². The fourth-order valence-corrected chi connectivity index (χ4v) is 3.45. The summed E-state index contributed by atoms with van der Waals surface area (Å²) >= 11 is 0. The molecule has 3 amide bonds. The average Bonchev–Trinajstić information content (AvgIpc) is 2.85. The zero-order chi connectivity index (χ0) is 21.6. The largest absolute Gasteiger partial charge is 0.444 e. The average molecular weight is 402 g/mol. The number of rotatable bonds is 2. The minimum absolute atomic E-state index is 0.0872. The van der Waals surface area contributed by atoms with E-state index >= 15 is 0 Å². The van der Waals surface area contributed by atoms with Crippen LogP contribution in [0.2, 0.25) is 0 Å². The van der Waals surface area contributed by atoms with Gasteiger partial charge in [0.15, 0.2) is 0 Å². The van der Waals surface area contributed by atoms with E-state index in [0.717, 1.165) is 0 Å². The van der Waals surface area contributed by atoms with Gasteiger partial charge >= 0.3 is 12.1 Å². The number of amides is 3. The summed E-state index contributed by atoms with van der Waals surface area (Å²) in [7, 11) is 0. The summed E-state index contributed by atoms with van der Waals surface area (Å²) in [5.74, 6) is -2.78. The molecule has 1 fully saturated rings. The molecule has 3 rings (SSSR count). The van der Waals surface area contributed by atoms with E-state index in [4.69, 9.17) is 9.57 Å². The van der Waals surface area contributed by atoms with Crippen LogP contribution in [0.25, 0.3) is 0 Å². The van der Waals surface area contributed by atoms with E-state index in [0.29, 0.717) is 18.0 Å². The summed E-state index contributed by atoms with van der Waals surface area (Å²) in [6.07, 6.45) is 0.0419. The van der Waals surface area contributed by atoms with Gasteiger partial charge in [-0.3, -0.25) is 9.59 Å². The number of carbonyl (C=O) groups is 4. The van der Waals surface area contributed by atoms with Crippen molar-refractivity contribution >= 4 is 23.9 Å². The van der Waals surface area contributed by atoms with Crippen LogP contribution in [0.1, 0.15) is 61.8 Å². The molecule has 156 valence electrons. The molecule has 29 heavy (non-hydrogen) atoms. The molecule has 0 spiro atoms. The SMILES string of the molecule is CC(C)(C)OC(=O)N1CCC(C)(C)C(C(=O)ON2C(=O)c3ccccc3C2=O)C1. The fraction of sp³-hybridized carbons (Fsp3) is 0.524. The second kappa shape index (κ2) is 7.17. The lowest BCUT2D eigenvalue weighted by atomic mass is 9.73. The van der Waals surface area contributed by atoms with Gasteiger partial charge in [-0.2, -0.15) is 0 Å². The van der Waals surface area contributed by atoms with Crippen LogP contribution in [0.4, 0.5) is 4.79 Å². The van der Waals surface area contributed by atoms with Crippen molar-refractivity contribution in [2.24, 2.45) is 11.3 Å². The molecule has 1 unspecified atom stereocenters. The maximum absolute atomic E-state index is 12.9. The molecule has 0 aromatic heterocycles. The van der Waals surface area contributed by atoms with E-state index in [-0.39, 0.29) is 17.7 Å². The predicted molar refractivity (Wildman–Crippen MR) is 103 cm³/mol. The molecule has 0 N–H and O–H groups in total. The van der Waals surface area contributed by atoms with Gasteiger partial charge in [-0.25, -0.2) is 9.59 Å². The monoisotopic (exact) mass is 402 g/mol. The second-order valence-corrected chi connectivity index (χ2v) is 9.08. The summed E-state index contributed by atoms with van der Waals surface area (Å²) in [5.41, 5.74) is -0.735. The molecule has 0 bridgehead atoms. The number of fused-ring (bicyclic) bond motifs is 1. The number of hydrogen-bond donors (Lipinski definition) is 0.